The average Bonchev–Trinajstić information content (AvgIpc) is 2.64. The molecule has 10 heteroatoms. The molecule has 2 atom stereocenters. The van der Waals surface area contributed by atoms with E-state index >= 15 is 0 Å². The van der Waals surface area contributed by atoms with Crippen molar-refractivity contribution < 1.29 is 49.4 Å². The number of carbonyl (C=O) groups is 4. The molecule has 1 aliphatic carbocycles. The first-order chi connectivity index (χ1) is 13.2. The minimum Gasteiger partial charge on any atom is -0.481 e. The van der Waals surface area contributed by atoms with Gasteiger partial charge in [0.1, 0.15) is 12.2 Å². The first-order valence-corrected chi connectivity index (χ1v) is 8.27. The zero-order valence-electron chi connectivity index (χ0n) is 14.3. The van der Waals surface area contributed by atoms with E-state index < -0.39 is 47.9 Å². The zero-order valence-corrected chi connectivity index (χ0v) is 14.3. The summed E-state index contributed by atoms with van der Waals surface area (Å²) in [7, 11) is 0. The van der Waals surface area contributed by atoms with Crippen LogP contribution in [0.15, 0.2) is 24.3 Å². The Morgan fingerprint density at radius 1 is 0.714 bits per heavy atom. The van der Waals surface area contributed by atoms with Crippen molar-refractivity contribution in [1.29, 1.82) is 0 Å². The normalized spacial score (nSPS) is 19.6. The van der Waals surface area contributed by atoms with Crippen LogP contribution in [0.1, 0.15) is 34.5 Å². The van der Waals surface area contributed by atoms with Crippen LogP contribution in [0.3, 0.4) is 0 Å². The van der Waals surface area contributed by atoms with E-state index in [1.807, 2.05) is 0 Å². The highest BCUT2D eigenvalue weighted by Gasteiger charge is 2.38. The van der Waals surface area contributed by atoms with Crippen LogP contribution < -0.4 is 0 Å². The molecular weight excluding hydrogens is 376 g/mol. The summed E-state index contributed by atoms with van der Waals surface area (Å²) < 4.78 is 0. The summed E-state index contributed by atoms with van der Waals surface area (Å²) >= 11 is 0. The number of benzene rings is 1. The van der Waals surface area contributed by atoms with Gasteiger partial charge in [0.15, 0.2) is 11.8 Å². The lowest BCUT2D eigenvalue weighted by Gasteiger charge is -2.36. The smallest absolute Gasteiger partial charge is 0.318 e. The van der Waals surface area contributed by atoms with Gasteiger partial charge >= 0.3 is 23.9 Å². The van der Waals surface area contributed by atoms with E-state index in [1.165, 1.54) is 12.1 Å². The van der Waals surface area contributed by atoms with E-state index in [1.54, 1.807) is 12.2 Å². The highest BCUT2D eigenvalue weighted by atomic mass is 17.2. The molecule has 3 aliphatic rings. The van der Waals surface area contributed by atoms with Gasteiger partial charge in [0.05, 0.1) is 0 Å². The van der Waals surface area contributed by atoms with E-state index in [4.69, 9.17) is 30.2 Å². The Hall–Kier alpha value is -3.24. The van der Waals surface area contributed by atoms with Crippen molar-refractivity contribution in [3.63, 3.8) is 0 Å². The Labute approximate surface area is 157 Å². The second kappa shape index (κ2) is 7.41. The van der Waals surface area contributed by atoms with Crippen molar-refractivity contribution in [2.75, 3.05) is 0 Å². The molecule has 2 unspecified atom stereocenters. The van der Waals surface area contributed by atoms with Gasteiger partial charge in [0.25, 0.3) is 0 Å². The molecule has 0 saturated carbocycles. The van der Waals surface area contributed by atoms with Gasteiger partial charge in [-0.2, -0.15) is 0 Å². The predicted octanol–water partition coefficient (Wildman–Crippen LogP) is 0.956. The molecule has 0 saturated heterocycles. The molecule has 2 bridgehead atoms. The Kier molecular flexibility index (Phi) is 5.16. The van der Waals surface area contributed by atoms with Crippen LogP contribution in [0.5, 0.6) is 0 Å². The van der Waals surface area contributed by atoms with Gasteiger partial charge in [-0.25, -0.2) is 9.78 Å². The van der Waals surface area contributed by atoms with Gasteiger partial charge in [-0.1, -0.05) is 12.1 Å². The average molecular weight is 392 g/mol. The maximum Gasteiger partial charge on any atom is 0.318 e. The summed E-state index contributed by atoms with van der Waals surface area (Å²) in [6.07, 6.45) is 1.24. The second-order valence-electron chi connectivity index (χ2n) is 6.50. The summed E-state index contributed by atoms with van der Waals surface area (Å²) in [5.74, 6) is -9.31. The summed E-state index contributed by atoms with van der Waals surface area (Å²) in [4.78, 5) is 55.4. The van der Waals surface area contributed by atoms with Gasteiger partial charge in [-0.3, -0.25) is 19.2 Å². The standard InChI is InChI=1S/C18H16O10/c19-15(20)9(16(21)22)5-7-1-2-8(6-10(17(23)24)18(25)26)14-12-4-3-11(13(7)14)27-28-12/h1-4,9-12H,5-6H2,(H,19,20)(H,21,22)(H,23,24)(H,25,26). The van der Waals surface area contributed by atoms with Gasteiger partial charge in [-0.15, -0.1) is 0 Å². The minimum atomic E-state index is -1.67. The summed E-state index contributed by atoms with van der Waals surface area (Å²) in [6.45, 7) is 0. The van der Waals surface area contributed by atoms with Crippen LogP contribution in [0.4, 0.5) is 0 Å². The molecule has 28 heavy (non-hydrogen) atoms. The molecule has 2 heterocycles. The van der Waals surface area contributed by atoms with Crippen LogP contribution in [-0.4, -0.2) is 44.3 Å². The van der Waals surface area contributed by atoms with Gasteiger partial charge < -0.3 is 20.4 Å². The predicted molar refractivity (Wildman–Crippen MR) is 88.2 cm³/mol. The number of hydrogen-bond donors (Lipinski definition) is 4. The third kappa shape index (κ3) is 3.47. The van der Waals surface area contributed by atoms with E-state index in [2.05, 4.69) is 0 Å². The lowest BCUT2D eigenvalue weighted by molar-refractivity contribution is -0.355. The second-order valence-corrected chi connectivity index (χ2v) is 6.50. The molecule has 0 aromatic heterocycles. The van der Waals surface area contributed by atoms with E-state index in [0.29, 0.717) is 22.3 Å². The van der Waals surface area contributed by atoms with E-state index in [9.17, 15) is 19.2 Å². The Morgan fingerprint density at radius 3 is 1.29 bits per heavy atom. The van der Waals surface area contributed by atoms with Gasteiger partial charge in [0, 0.05) is 0 Å². The maximum atomic E-state index is 11.3. The molecule has 1 aromatic carbocycles. The number of carboxylic acids is 4. The molecule has 1 aromatic rings. The molecule has 10 nitrogen and oxygen atoms in total. The molecule has 148 valence electrons. The number of rotatable bonds is 8. The Balaban J connectivity index is 2.06. The van der Waals surface area contributed by atoms with Crippen LogP contribution in [0.25, 0.3) is 0 Å². The number of hydrogen-bond acceptors (Lipinski definition) is 6. The fraction of sp³-hybridized carbons (Fsp3) is 0.333. The van der Waals surface area contributed by atoms with Crippen molar-refractivity contribution in [2.24, 2.45) is 11.8 Å². The van der Waals surface area contributed by atoms with E-state index in [-0.39, 0.29) is 12.8 Å². The van der Waals surface area contributed by atoms with Crippen LogP contribution >= 0.6 is 0 Å². The Bertz CT molecular complexity index is 788. The Morgan fingerprint density at radius 2 is 1.04 bits per heavy atom. The van der Waals surface area contributed by atoms with Crippen LogP contribution in [0, 0.1) is 11.8 Å². The van der Waals surface area contributed by atoms with Crippen molar-refractivity contribution in [3.05, 3.63) is 46.5 Å². The SMILES string of the molecule is O=C(O)C(Cc1ccc(CC(C(=O)O)C(=O)O)c2c1C1C=CC2OO1)C(=O)O. The van der Waals surface area contributed by atoms with E-state index in [0.717, 1.165) is 0 Å². The maximum absolute atomic E-state index is 11.3. The van der Waals surface area contributed by atoms with Gasteiger partial charge in [-0.05, 0) is 47.2 Å². The van der Waals surface area contributed by atoms with Crippen LogP contribution in [0.2, 0.25) is 0 Å². The quantitative estimate of drug-likeness (QED) is 0.284. The molecule has 2 aliphatic heterocycles. The summed E-state index contributed by atoms with van der Waals surface area (Å²) in [5.41, 5.74) is 1.77. The number of fused-ring (bicyclic) bond motifs is 1. The first-order valence-electron chi connectivity index (χ1n) is 8.27. The lowest BCUT2D eigenvalue weighted by Crippen LogP contribution is -2.31. The molecule has 4 N–H and O–H groups in total. The fourth-order valence-electron chi connectivity index (χ4n) is 3.43. The van der Waals surface area contributed by atoms with Gasteiger partial charge in [0.2, 0.25) is 0 Å². The lowest BCUT2D eigenvalue weighted by atomic mass is 9.80. The van der Waals surface area contributed by atoms with Crippen LogP contribution in [-0.2, 0) is 41.8 Å². The van der Waals surface area contributed by atoms with Crippen molar-refractivity contribution >= 4 is 23.9 Å². The van der Waals surface area contributed by atoms with Crippen molar-refractivity contribution in [1.82, 2.24) is 0 Å². The van der Waals surface area contributed by atoms with Crippen molar-refractivity contribution in [2.45, 2.75) is 25.0 Å². The molecule has 0 amide bonds. The molecule has 0 spiro atoms. The first kappa shape index (κ1) is 19.5. The topological polar surface area (TPSA) is 168 Å². The zero-order chi connectivity index (χ0) is 20.6. The van der Waals surface area contributed by atoms with Crippen molar-refractivity contribution in [3.8, 4) is 0 Å². The molecule has 4 rings (SSSR count). The largest absolute Gasteiger partial charge is 0.481 e. The highest BCUT2D eigenvalue weighted by Crippen LogP contribution is 2.45. The molecule has 0 fully saturated rings. The third-order valence-corrected chi connectivity index (χ3v) is 4.80. The monoisotopic (exact) mass is 392 g/mol. The minimum absolute atomic E-state index is 0.311. The third-order valence-electron chi connectivity index (χ3n) is 4.80. The summed E-state index contributed by atoms with van der Waals surface area (Å²) in [5, 5.41) is 36.6. The molecular formula is C18H16O10. The fourth-order valence-corrected chi connectivity index (χ4v) is 3.43. The number of aliphatic carboxylic acids is 4. The number of carboxylic acid groups (broad SMARTS) is 4. The highest BCUT2D eigenvalue weighted by molar-refractivity contribution is 5.94. The summed E-state index contributed by atoms with van der Waals surface area (Å²) in [6, 6.07) is 2.96. The molecule has 0 radical (unpaired) electrons.